The van der Waals surface area contributed by atoms with Crippen LogP contribution in [0.2, 0.25) is 0 Å². The summed E-state index contributed by atoms with van der Waals surface area (Å²) in [6, 6.07) is 3.44. The van der Waals surface area contributed by atoms with Gasteiger partial charge in [-0.25, -0.2) is 12.8 Å². The van der Waals surface area contributed by atoms with Crippen LogP contribution in [0.5, 0.6) is 0 Å². The zero-order chi connectivity index (χ0) is 14.8. The lowest BCUT2D eigenvalue weighted by atomic mass is 10.1. The molecule has 0 unspecified atom stereocenters. The van der Waals surface area contributed by atoms with Crippen molar-refractivity contribution in [1.29, 1.82) is 0 Å². The molecule has 0 bridgehead atoms. The van der Waals surface area contributed by atoms with E-state index >= 15 is 0 Å². The summed E-state index contributed by atoms with van der Waals surface area (Å²) in [4.78, 5) is -0.135. The van der Waals surface area contributed by atoms with E-state index in [0.717, 1.165) is 44.6 Å². The Kier molecular flexibility index (Phi) is 4.65. The van der Waals surface area contributed by atoms with Crippen molar-refractivity contribution in [1.82, 2.24) is 4.31 Å². The van der Waals surface area contributed by atoms with Gasteiger partial charge in [0.05, 0.1) is 5.69 Å². The monoisotopic (exact) mass is 300 g/mol. The smallest absolute Gasteiger partial charge is 0.245 e. The van der Waals surface area contributed by atoms with Crippen LogP contribution in [0.4, 0.5) is 10.1 Å². The molecule has 1 aliphatic rings. The highest BCUT2D eigenvalue weighted by atomic mass is 32.2. The highest BCUT2D eigenvalue weighted by Gasteiger charge is 2.30. The third-order valence-corrected chi connectivity index (χ3v) is 5.94. The number of nitrogens with zero attached hydrogens (tertiary/aromatic N) is 1. The second kappa shape index (κ2) is 6.10. The molecule has 0 spiro atoms. The maximum absolute atomic E-state index is 13.3. The minimum absolute atomic E-state index is 0.0230. The highest BCUT2D eigenvalue weighted by molar-refractivity contribution is 7.89. The van der Waals surface area contributed by atoms with Gasteiger partial charge in [-0.1, -0.05) is 25.7 Å². The van der Waals surface area contributed by atoms with E-state index in [-0.39, 0.29) is 16.6 Å². The van der Waals surface area contributed by atoms with E-state index in [9.17, 15) is 12.8 Å². The number of nitrogens with two attached hydrogens (primary N) is 1. The van der Waals surface area contributed by atoms with Crippen molar-refractivity contribution >= 4 is 15.7 Å². The topological polar surface area (TPSA) is 63.4 Å². The summed E-state index contributed by atoms with van der Waals surface area (Å²) in [6.07, 6.45) is 6.06. The number of hydrogen-bond donors (Lipinski definition) is 1. The third-order valence-electron chi connectivity index (χ3n) is 3.97. The average Bonchev–Trinajstić information content (AvgIpc) is 2.69. The Labute approximate surface area is 119 Å². The standard InChI is InChI=1S/C14H21FN2O2S/c1-17(12-6-4-2-3-5-7-12)20(18,19)14-10-11(15)8-9-13(14)16/h8-10,12H,2-7,16H2,1H3. The van der Waals surface area contributed by atoms with Crippen LogP contribution < -0.4 is 5.73 Å². The molecule has 2 N–H and O–H groups in total. The summed E-state index contributed by atoms with van der Waals surface area (Å²) < 4.78 is 39.9. The minimum atomic E-state index is -3.74. The fraction of sp³-hybridized carbons (Fsp3) is 0.571. The van der Waals surface area contributed by atoms with Crippen LogP contribution in [0.1, 0.15) is 38.5 Å². The van der Waals surface area contributed by atoms with E-state index in [0.29, 0.717) is 0 Å². The fourth-order valence-electron chi connectivity index (χ4n) is 2.70. The number of benzene rings is 1. The van der Waals surface area contributed by atoms with Crippen LogP contribution in [0, 0.1) is 5.82 Å². The van der Waals surface area contributed by atoms with Gasteiger partial charge in [0.15, 0.2) is 0 Å². The number of halogens is 1. The predicted octanol–water partition coefficient (Wildman–Crippen LogP) is 2.75. The molecule has 112 valence electrons. The van der Waals surface area contributed by atoms with Crippen molar-refractivity contribution in [3.8, 4) is 0 Å². The number of nitrogen functional groups attached to an aromatic ring is 1. The van der Waals surface area contributed by atoms with Crippen molar-refractivity contribution in [3.05, 3.63) is 24.0 Å². The molecule has 0 aromatic heterocycles. The molecule has 1 aliphatic carbocycles. The quantitative estimate of drug-likeness (QED) is 0.689. The Hall–Kier alpha value is -1.14. The second-order valence-electron chi connectivity index (χ2n) is 5.35. The average molecular weight is 300 g/mol. The second-order valence-corrected chi connectivity index (χ2v) is 7.31. The molecule has 0 saturated heterocycles. The first-order valence-electron chi connectivity index (χ1n) is 6.96. The van der Waals surface area contributed by atoms with E-state index in [1.165, 1.54) is 16.4 Å². The van der Waals surface area contributed by atoms with Gasteiger partial charge < -0.3 is 5.73 Å². The third kappa shape index (κ3) is 3.12. The van der Waals surface area contributed by atoms with Gasteiger partial charge in [-0.3, -0.25) is 0 Å². The lowest BCUT2D eigenvalue weighted by Gasteiger charge is -2.27. The van der Waals surface area contributed by atoms with Gasteiger partial charge in [0, 0.05) is 13.1 Å². The summed E-state index contributed by atoms with van der Waals surface area (Å²) in [5.41, 5.74) is 5.79. The van der Waals surface area contributed by atoms with Crippen molar-refractivity contribution < 1.29 is 12.8 Å². The lowest BCUT2D eigenvalue weighted by molar-refractivity contribution is 0.335. The minimum Gasteiger partial charge on any atom is -0.398 e. The molecule has 1 aromatic carbocycles. The van der Waals surface area contributed by atoms with Crippen molar-refractivity contribution in [3.63, 3.8) is 0 Å². The largest absolute Gasteiger partial charge is 0.398 e. The van der Waals surface area contributed by atoms with Crippen LogP contribution in [0.3, 0.4) is 0 Å². The van der Waals surface area contributed by atoms with Gasteiger partial charge in [-0.2, -0.15) is 4.31 Å². The highest BCUT2D eigenvalue weighted by Crippen LogP contribution is 2.28. The van der Waals surface area contributed by atoms with E-state index in [1.54, 1.807) is 7.05 Å². The lowest BCUT2D eigenvalue weighted by Crippen LogP contribution is -2.37. The molecule has 4 nitrogen and oxygen atoms in total. The summed E-state index contributed by atoms with van der Waals surface area (Å²) in [6.45, 7) is 0. The van der Waals surface area contributed by atoms with E-state index in [4.69, 9.17) is 5.73 Å². The Balaban J connectivity index is 2.31. The number of hydrogen-bond acceptors (Lipinski definition) is 3. The molecule has 0 aliphatic heterocycles. The van der Waals surface area contributed by atoms with E-state index in [1.807, 2.05) is 0 Å². The van der Waals surface area contributed by atoms with Crippen molar-refractivity contribution in [2.75, 3.05) is 12.8 Å². The zero-order valence-corrected chi connectivity index (χ0v) is 12.5. The van der Waals surface area contributed by atoms with Gasteiger partial charge in [0.25, 0.3) is 0 Å². The van der Waals surface area contributed by atoms with Gasteiger partial charge in [0.2, 0.25) is 10.0 Å². The Morgan fingerprint density at radius 2 is 1.80 bits per heavy atom. The summed E-state index contributed by atoms with van der Waals surface area (Å²) in [7, 11) is -2.17. The molecular formula is C14H21FN2O2S. The fourth-order valence-corrected chi connectivity index (χ4v) is 4.25. The molecule has 1 aromatic rings. The number of anilines is 1. The number of rotatable bonds is 3. The Morgan fingerprint density at radius 3 is 2.40 bits per heavy atom. The van der Waals surface area contributed by atoms with Crippen LogP contribution in [-0.4, -0.2) is 25.8 Å². The summed E-state index contributed by atoms with van der Waals surface area (Å²) in [5.74, 6) is -0.591. The zero-order valence-electron chi connectivity index (χ0n) is 11.7. The molecule has 1 saturated carbocycles. The van der Waals surface area contributed by atoms with E-state index < -0.39 is 15.8 Å². The van der Waals surface area contributed by atoms with Crippen LogP contribution >= 0.6 is 0 Å². The van der Waals surface area contributed by atoms with E-state index in [2.05, 4.69) is 0 Å². The predicted molar refractivity (Wildman–Crippen MR) is 77.3 cm³/mol. The van der Waals surface area contributed by atoms with Crippen LogP contribution in [0.25, 0.3) is 0 Å². The summed E-state index contributed by atoms with van der Waals surface area (Å²) >= 11 is 0. The Bertz CT molecular complexity index is 567. The molecule has 6 heteroatoms. The van der Waals surface area contributed by atoms with Crippen molar-refractivity contribution in [2.45, 2.75) is 49.5 Å². The Morgan fingerprint density at radius 1 is 1.20 bits per heavy atom. The molecular weight excluding hydrogens is 279 g/mol. The SMILES string of the molecule is CN(C1CCCCCC1)S(=O)(=O)c1cc(F)ccc1N. The maximum Gasteiger partial charge on any atom is 0.245 e. The first-order valence-corrected chi connectivity index (χ1v) is 8.40. The maximum atomic E-state index is 13.3. The van der Waals surface area contributed by atoms with Crippen LogP contribution in [-0.2, 0) is 10.0 Å². The molecule has 0 radical (unpaired) electrons. The van der Waals surface area contributed by atoms with Crippen molar-refractivity contribution in [2.24, 2.45) is 0 Å². The molecule has 20 heavy (non-hydrogen) atoms. The van der Waals surface area contributed by atoms with Gasteiger partial charge in [0.1, 0.15) is 10.7 Å². The molecule has 0 heterocycles. The first kappa shape index (κ1) is 15.3. The van der Waals surface area contributed by atoms with Gasteiger partial charge >= 0.3 is 0 Å². The molecule has 1 fully saturated rings. The molecule has 0 atom stereocenters. The molecule has 2 rings (SSSR count). The normalized spacial score (nSPS) is 18.1. The van der Waals surface area contributed by atoms with Gasteiger partial charge in [-0.05, 0) is 31.0 Å². The summed E-state index contributed by atoms with van der Waals surface area (Å²) in [5, 5.41) is 0. The number of sulfonamides is 1. The molecule has 0 amide bonds. The van der Waals surface area contributed by atoms with Crippen LogP contribution in [0.15, 0.2) is 23.1 Å². The first-order chi connectivity index (χ1) is 9.43. The van der Waals surface area contributed by atoms with Gasteiger partial charge in [-0.15, -0.1) is 0 Å².